The number of rotatable bonds is 7. The summed E-state index contributed by atoms with van der Waals surface area (Å²) in [7, 11) is 2.79. The molecule has 188 valence electrons. The number of esters is 1. The molecule has 1 fully saturated rings. The van der Waals surface area contributed by atoms with Gasteiger partial charge in [-0.2, -0.15) is 0 Å². The molecule has 1 amide bonds. The lowest BCUT2D eigenvalue weighted by Gasteiger charge is -2.31. The van der Waals surface area contributed by atoms with Crippen molar-refractivity contribution in [3.8, 4) is 11.5 Å². The van der Waals surface area contributed by atoms with Crippen LogP contribution >= 0.6 is 0 Å². The predicted octanol–water partition coefficient (Wildman–Crippen LogP) is 4.07. The van der Waals surface area contributed by atoms with Gasteiger partial charge in [-0.15, -0.1) is 10.2 Å². The maximum atomic E-state index is 13.2. The van der Waals surface area contributed by atoms with E-state index in [1.165, 1.54) is 25.9 Å². The summed E-state index contributed by atoms with van der Waals surface area (Å²) in [6, 6.07) is 14.7. The van der Waals surface area contributed by atoms with E-state index in [1.54, 1.807) is 30.9 Å². The second-order valence-electron chi connectivity index (χ2n) is 8.41. The van der Waals surface area contributed by atoms with Crippen molar-refractivity contribution in [1.29, 1.82) is 0 Å². The topological polar surface area (TPSA) is 104 Å². The number of hydrogen-bond donors (Lipinski definition) is 0. The minimum Gasteiger partial charge on any atom is -0.493 e. The number of hydrogen-bond acceptors (Lipinski definition) is 8. The summed E-state index contributed by atoms with van der Waals surface area (Å²) in [5.41, 5.74) is 3.45. The van der Waals surface area contributed by atoms with Gasteiger partial charge in [0.05, 0.1) is 19.8 Å². The number of amides is 1. The van der Waals surface area contributed by atoms with Crippen LogP contribution in [0.5, 0.6) is 11.5 Å². The molecule has 0 bridgehead atoms. The molecule has 0 saturated carbocycles. The van der Waals surface area contributed by atoms with Gasteiger partial charge in [-0.25, -0.2) is 4.79 Å². The van der Waals surface area contributed by atoms with Gasteiger partial charge in [0, 0.05) is 25.6 Å². The summed E-state index contributed by atoms with van der Waals surface area (Å²) >= 11 is 0. The molecule has 9 heteroatoms. The van der Waals surface area contributed by atoms with Crippen LogP contribution in [0.25, 0.3) is 5.57 Å². The van der Waals surface area contributed by atoms with Crippen molar-refractivity contribution >= 4 is 17.4 Å². The number of benzene rings is 2. The number of likely N-dealkylation sites (tertiary alicyclic amines) is 1. The van der Waals surface area contributed by atoms with E-state index in [1.807, 2.05) is 30.3 Å². The first-order valence-corrected chi connectivity index (χ1v) is 11.7. The van der Waals surface area contributed by atoms with E-state index in [-0.39, 0.29) is 5.91 Å². The molecule has 1 atom stereocenters. The number of carbonyl (C=O) groups excluding carboxylic acids is 2. The molecular weight excluding hydrogens is 462 g/mol. The highest BCUT2D eigenvalue weighted by Crippen LogP contribution is 2.33. The molecular formula is C27H29N3O6. The standard InChI is InChI=1S/C27H29N3O6/c1-17(35-22-11-10-21(27(32)34-4)16-23(22)33-3)26(31)30-14-12-20(13-15-30)24(19-8-6-5-7-9-19)25-29-28-18(2)36-25/h5-11,16-17H,12-15H2,1-4H3. The zero-order valence-electron chi connectivity index (χ0n) is 20.8. The van der Waals surface area contributed by atoms with Crippen molar-refractivity contribution < 1.29 is 28.2 Å². The molecule has 1 unspecified atom stereocenters. The Morgan fingerprint density at radius 3 is 2.31 bits per heavy atom. The van der Waals surface area contributed by atoms with E-state index in [0.29, 0.717) is 54.8 Å². The van der Waals surface area contributed by atoms with Gasteiger partial charge < -0.3 is 23.5 Å². The first-order valence-electron chi connectivity index (χ1n) is 11.7. The normalized spacial score (nSPS) is 14.2. The fraction of sp³-hybridized carbons (Fsp3) is 0.333. The molecule has 2 aromatic carbocycles. The molecule has 1 aromatic heterocycles. The van der Waals surface area contributed by atoms with Crippen LogP contribution in [0.2, 0.25) is 0 Å². The van der Waals surface area contributed by atoms with E-state index in [9.17, 15) is 9.59 Å². The Kier molecular flexibility index (Phi) is 7.68. The lowest BCUT2D eigenvalue weighted by Crippen LogP contribution is -2.43. The predicted molar refractivity (Wildman–Crippen MR) is 132 cm³/mol. The van der Waals surface area contributed by atoms with Crippen LogP contribution in [0.3, 0.4) is 0 Å². The van der Waals surface area contributed by atoms with Crippen LogP contribution in [0.15, 0.2) is 58.5 Å². The number of nitrogens with zero attached hydrogens (tertiary/aromatic N) is 3. The van der Waals surface area contributed by atoms with Gasteiger partial charge >= 0.3 is 5.97 Å². The third-order valence-electron chi connectivity index (χ3n) is 6.07. The minimum absolute atomic E-state index is 0.122. The Labute approximate surface area is 209 Å². The van der Waals surface area contributed by atoms with Gasteiger partial charge in [0.25, 0.3) is 5.91 Å². The van der Waals surface area contributed by atoms with Gasteiger partial charge in [-0.05, 0) is 43.5 Å². The third-order valence-corrected chi connectivity index (χ3v) is 6.07. The first-order chi connectivity index (χ1) is 17.4. The number of carbonyl (C=O) groups is 2. The number of aromatic nitrogens is 2. The van der Waals surface area contributed by atoms with Crippen LogP contribution in [0.1, 0.15) is 47.5 Å². The average Bonchev–Trinajstić information content (AvgIpc) is 3.34. The van der Waals surface area contributed by atoms with Crippen molar-refractivity contribution in [2.45, 2.75) is 32.8 Å². The summed E-state index contributed by atoms with van der Waals surface area (Å²) in [5.74, 6) is 1.13. The Hall–Kier alpha value is -4.14. The van der Waals surface area contributed by atoms with E-state index in [0.717, 1.165) is 11.1 Å². The Bertz CT molecular complexity index is 1260. The van der Waals surface area contributed by atoms with Gasteiger partial charge in [-0.3, -0.25) is 4.79 Å². The summed E-state index contributed by atoms with van der Waals surface area (Å²) in [6.07, 6.45) is 0.628. The van der Waals surface area contributed by atoms with Crippen molar-refractivity contribution in [3.63, 3.8) is 0 Å². The Morgan fingerprint density at radius 1 is 0.972 bits per heavy atom. The van der Waals surface area contributed by atoms with Gasteiger partial charge in [0.2, 0.25) is 11.8 Å². The fourth-order valence-corrected chi connectivity index (χ4v) is 4.24. The Balaban J connectivity index is 1.47. The molecule has 2 heterocycles. The second-order valence-corrected chi connectivity index (χ2v) is 8.41. The molecule has 0 spiro atoms. The average molecular weight is 492 g/mol. The zero-order valence-corrected chi connectivity index (χ0v) is 20.8. The molecule has 0 N–H and O–H groups in total. The van der Waals surface area contributed by atoms with E-state index < -0.39 is 12.1 Å². The van der Waals surface area contributed by atoms with Crippen LogP contribution in [0.4, 0.5) is 0 Å². The molecule has 9 nitrogen and oxygen atoms in total. The van der Waals surface area contributed by atoms with Crippen molar-refractivity contribution in [3.05, 3.63) is 77.0 Å². The quantitative estimate of drug-likeness (QED) is 0.456. The number of aryl methyl sites for hydroxylation is 1. The summed E-state index contributed by atoms with van der Waals surface area (Å²) < 4.78 is 21.8. The highest BCUT2D eigenvalue weighted by Gasteiger charge is 2.28. The lowest BCUT2D eigenvalue weighted by molar-refractivity contribution is -0.138. The summed E-state index contributed by atoms with van der Waals surface area (Å²) in [5, 5.41) is 8.25. The first kappa shape index (κ1) is 25.0. The molecule has 4 rings (SSSR count). The number of methoxy groups -OCH3 is 2. The van der Waals surface area contributed by atoms with Crippen molar-refractivity contribution in [2.75, 3.05) is 27.3 Å². The van der Waals surface area contributed by atoms with Gasteiger partial charge in [0.15, 0.2) is 17.6 Å². The largest absolute Gasteiger partial charge is 0.493 e. The number of piperidine rings is 1. The van der Waals surface area contributed by atoms with Crippen LogP contribution in [-0.2, 0) is 9.53 Å². The SMILES string of the molecule is COC(=O)c1ccc(OC(C)C(=O)N2CCC(=C(c3ccccc3)c3nnc(C)o3)CC2)c(OC)c1. The van der Waals surface area contributed by atoms with Crippen LogP contribution < -0.4 is 9.47 Å². The fourth-order valence-electron chi connectivity index (χ4n) is 4.24. The molecule has 1 aliphatic heterocycles. The van der Waals surface area contributed by atoms with Crippen LogP contribution in [-0.4, -0.2) is 60.4 Å². The maximum absolute atomic E-state index is 13.2. The Morgan fingerprint density at radius 2 is 1.69 bits per heavy atom. The van der Waals surface area contributed by atoms with Crippen LogP contribution in [0, 0.1) is 6.92 Å². The third kappa shape index (κ3) is 5.40. The van der Waals surface area contributed by atoms with Crippen molar-refractivity contribution in [1.82, 2.24) is 15.1 Å². The van der Waals surface area contributed by atoms with Gasteiger partial charge in [0.1, 0.15) is 0 Å². The molecule has 0 radical (unpaired) electrons. The van der Waals surface area contributed by atoms with E-state index in [4.69, 9.17) is 18.6 Å². The lowest BCUT2D eigenvalue weighted by atomic mass is 9.93. The smallest absolute Gasteiger partial charge is 0.337 e. The maximum Gasteiger partial charge on any atom is 0.337 e. The summed E-state index contributed by atoms with van der Waals surface area (Å²) in [4.78, 5) is 26.8. The van der Waals surface area contributed by atoms with Gasteiger partial charge in [-0.1, -0.05) is 35.9 Å². The zero-order chi connectivity index (χ0) is 25.7. The second kappa shape index (κ2) is 11.1. The monoisotopic (exact) mass is 491 g/mol. The van der Waals surface area contributed by atoms with E-state index in [2.05, 4.69) is 10.2 Å². The molecule has 0 aliphatic carbocycles. The van der Waals surface area contributed by atoms with E-state index >= 15 is 0 Å². The molecule has 1 saturated heterocycles. The molecule has 36 heavy (non-hydrogen) atoms. The number of ether oxygens (including phenoxy) is 3. The summed E-state index contributed by atoms with van der Waals surface area (Å²) in [6.45, 7) is 4.57. The highest BCUT2D eigenvalue weighted by molar-refractivity contribution is 5.90. The molecule has 3 aromatic rings. The molecule has 1 aliphatic rings. The minimum atomic E-state index is -0.736. The van der Waals surface area contributed by atoms with Crippen molar-refractivity contribution in [2.24, 2.45) is 0 Å². The highest BCUT2D eigenvalue weighted by atomic mass is 16.5.